The first-order valence-electron chi connectivity index (χ1n) is 44.1. The molecule has 5 atom stereocenters. The number of carbonyl (C=O) groups is 3. The third-order valence-electron chi connectivity index (χ3n) is 18.5. The number of aliphatic hydroxyl groups excluding tert-OH is 2. The first-order chi connectivity index (χ1) is 54.2. The molecule has 638 valence electrons. The summed E-state index contributed by atoms with van der Waals surface area (Å²) >= 11 is 0. The van der Waals surface area contributed by atoms with E-state index in [4.69, 9.17) is 32.3 Å². The summed E-state index contributed by atoms with van der Waals surface area (Å²) in [4.78, 5) is 58.9. The van der Waals surface area contributed by atoms with E-state index in [0.717, 1.165) is 167 Å². The molecule has 0 bridgehead atoms. The van der Waals surface area contributed by atoms with Crippen LogP contribution < -0.4 is 0 Å². The molecule has 0 rings (SSSR count). The summed E-state index contributed by atoms with van der Waals surface area (Å²) < 4.78 is 61.4. The zero-order valence-corrected chi connectivity index (χ0v) is 71.9. The Morgan fingerprint density at radius 3 is 0.757 bits per heavy atom. The van der Waals surface area contributed by atoms with Crippen molar-refractivity contribution in [2.45, 2.75) is 386 Å². The Hall–Kier alpha value is -4.57. The molecule has 0 saturated carbocycles. The predicted molar refractivity (Wildman–Crippen MR) is 463 cm³/mol. The van der Waals surface area contributed by atoms with Crippen LogP contribution in [0.2, 0.25) is 0 Å². The van der Waals surface area contributed by atoms with Gasteiger partial charge in [-0.1, -0.05) is 353 Å². The minimum atomic E-state index is -4.94. The first-order valence-corrected chi connectivity index (χ1v) is 47.1. The first kappa shape index (κ1) is 106. The molecule has 4 N–H and O–H groups in total. The highest BCUT2D eigenvalue weighted by Gasteiger charge is 2.29. The highest BCUT2D eigenvalue weighted by molar-refractivity contribution is 7.47. The van der Waals surface area contributed by atoms with E-state index < -0.39 is 91.5 Å². The van der Waals surface area contributed by atoms with E-state index in [1.165, 1.54) is 141 Å². The molecule has 5 unspecified atom stereocenters. The fourth-order valence-corrected chi connectivity index (χ4v) is 13.5. The fraction of sp³-hybridized carbons (Fsp3) is 0.710. The van der Waals surface area contributed by atoms with Crippen LogP contribution >= 0.6 is 15.6 Å². The Balaban J connectivity index is 4.53. The van der Waals surface area contributed by atoms with Crippen molar-refractivity contribution in [1.82, 2.24) is 0 Å². The number of hydrogen-bond donors (Lipinski definition) is 4. The zero-order chi connectivity index (χ0) is 80.8. The normalized spacial score (nSPS) is 14.5. The predicted octanol–water partition coefficient (Wildman–Crippen LogP) is 26.8. The lowest BCUT2D eigenvalue weighted by molar-refractivity contribution is -0.161. The molecule has 0 aliphatic heterocycles. The van der Waals surface area contributed by atoms with Crippen molar-refractivity contribution in [3.63, 3.8) is 0 Å². The van der Waals surface area contributed by atoms with E-state index in [-0.39, 0.29) is 19.3 Å². The molecule has 0 amide bonds. The molecule has 0 aromatic carbocycles. The zero-order valence-electron chi connectivity index (χ0n) is 70.1. The van der Waals surface area contributed by atoms with E-state index in [2.05, 4.69) is 167 Å². The third kappa shape index (κ3) is 86.1. The van der Waals surface area contributed by atoms with Gasteiger partial charge in [0.2, 0.25) is 0 Å². The smallest absolute Gasteiger partial charge is 0.463 e. The van der Waals surface area contributed by atoms with Crippen molar-refractivity contribution in [3.8, 4) is 0 Å². The maximum absolute atomic E-state index is 13.0. The van der Waals surface area contributed by atoms with Crippen molar-refractivity contribution in [2.75, 3.05) is 39.6 Å². The average Bonchev–Trinajstić information content (AvgIpc) is 0.900. The second-order valence-electron chi connectivity index (χ2n) is 29.3. The summed E-state index contributed by atoms with van der Waals surface area (Å²) in [6, 6.07) is 0. The van der Waals surface area contributed by atoms with Gasteiger partial charge in [-0.25, -0.2) is 9.13 Å². The van der Waals surface area contributed by atoms with E-state index in [1.54, 1.807) is 0 Å². The van der Waals surface area contributed by atoms with Gasteiger partial charge in [-0.3, -0.25) is 32.5 Å². The molecular formula is C93H160O16P2. The van der Waals surface area contributed by atoms with Gasteiger partial charge in [-0.2, -0.15) is 0 Å². The van der Waals surface area contributed by atoms with Gasteiger partial charge in [-0.15, -0.1) is 0 Å². The van der Waals surface area contributed by atoms with Gasteiger partial charge in [0, 0.05) is 19.3 Å². The van der Waals surface area contributed by atoms with Crippen LogP contribution in [-0.2, 0) is 55.8 Å². The van der Waals surface area contributed by atoms with Crippen LogP contribution in [0, 0.1) is 0 Å². The number of aliphatic hydroxyl groups is 2. The Kier molecular flexibility index (Phi) is 81.3. The number of rotatable bonds is 83. The summed E-state index contributed by atoms with van der Waals surface area (Å²) in [5.74, 6) is -1.58. The van der Waals surface area contributed by atoms with Crippen molar-refractivity contribution in [2.24, 2.45) is 0 Å². The van der Waals surface area contributed by atoms with E-state index >= 15 is 0 Å². The lowest BCUT2D eigenvalue weighted by Gasteiger charge is -2.21. The molecule has 0 spiro atoms. The molecule has 0 saturated heterocycles. The molecule has 0 aliphatic rings. The van der Waals surface area contributed by atoms with Gasteiger partial charge in [0.15, 0.2) is 6.10 Å². The molecule has 0 aliphatic carbocycles. The minimum absolute atomic E-state index is 0.0906. The number of esters is 3. The van der Waals surface area contributed by atoms with Crippen molar-refractivity contribution in [1.29, 1.82) is 0 Å². The van der Waals surface area contributed by atoms with E-state index in [1.807, 2.05) is 0 Å². The molecule has 0 aromatic heterocycles. The number of ether oxygens (including phenoxy) is 3. The van der Waals surface area contributed by atoms with E-state index in [0.29, 0.717) is 19.3 Å². The molecule has 0 fully saturated rings. The second kappa shape index (κ2) is 84.8. The molecule has 0 radical (unpaired) electrons. The summed E-state index contributed by atoms with van der Waals surface area (Å²) in [5.41, 5.74) is 0. The fourth-order valence-electron chi connectivity index (χ4n) is 11.9. The molecule has 111 heavy (non-hydrogen) atoms. The number of phosphoric ester groups is 2. The summed E-state index contributed by atoms with van der Waals surface area (Å²) in [7, 11) is -9.81. The van der Waals surface area contributed by atoms with Crippen molar-refractivity contribution >= 4 is 33.6 Å². The summed E-state index contributed by atoms with van der Waals surface area (Å²) in [6.45, 7) is 2.46. The van der Waals surface area contributed by atoms with Crippen molar-refractivity contribution < 1.29 is 75.8 Å². The topological polar surface area (TPSA) is 231 Å². The minimum Gasteiger partial charge on any atom is -0.463 e. The van der Waals surface area contributed by atoms with Crippen LogP contribution in [0.5, 0.6) is 0 Å². The van der Waals surface area contributed by atoms with Gasteiger partial charge in [-0.05, 0) is 141 Å². The number of carbonyl (C=O) groups excluding carboxylic acids is 3. The number of hydrogen-bond acceptors (Lipinski definition) is 14. The SMILES string of the molecule is CC/C=C\C/C=C\C/C=C\C/C=C\C/C=C\CCCCCCCCCCCCCCCCCC(=O)OCC(O)COP(=O)(O)OCC(O)COP(=O)(O)OCC(COC(=O)CCCCCCCCCCCCC/C=C\C/C=C\C/C=C\C/C=C\CCCCC)OC(=O)CCCCCCCCC/C=C\C/C=C\C/C=C\CC. The molecular weight excluding hydrogens is 1430 g/mol. The molecule has 16 nitrogen and oxygen atoms in total. The Bertz CT molecular complexity index is 2600. The maximum atomic E-state index is 13.0. The highest BCUT2D eigenvalue weighted by atomic mass is 31.2. The Morgan fingerprint density at radius 1 is 0.261 bits per heavy atom. The summed E-state index contributed by atoms with van der Waals surface area (Å²) in [5, 5.41) is 20.7. The Labute approximate surface area is 677 Å². The van der Waals surface area contributed by atoms with Gasteiger partial charge >= 0.3 is 33.6 Å². The number of unbranched alkanes of at least 4 members (excludes halogenated alkanes) is 36. The monoisotopic (exact) mass is 1600 g/mol. The van der Waals surface area contributed by atoms with Gasteiger partial charge in [0.05, 0.1) is 26.4 Å². The third-order valence-corrected chi connectivity index (χ3v) is 20.4. The lowest BCUT2D eigenvalue weighted by Crippen LogP contribution is -2.30. The van der Waals surface area contributed by atoms with Crippen LogP contribution in [-0.4, -0.2) is 95.9 Å². The summed E-state index contributed by atoms with van der Waals surface area (Å²) in [6.07, 6.45) is 106. The van der Waals surface area contributed by atoms with Crippen LogP contribution in [0.1, 0.15) is 367 Å². The molecule has 0 heterocycles. The maximum Gasteiger partial charge on any atom is 0.472 e. The van der Waals surface area contributed by atoms with Gasteiger partial charge < -0.3 is 34.2 Å². The highest BCUT2D eigenvalue weighted by Crippen LogP contribution is 2.45. The Morgan fingerprint density at radius 2 is 0.477 bits per heavy atom. The van der Waals surface area contributed by atoms with Crippen LogP contribution in [0.4, 0.5) is 0 Å². The van der Waals surface area contributed by atoms with Crippen LogP contribution in [0.3, 0.4) is 0 Å². The second-order valence-corrected chi connectivity index (χ2v) is 32.2. The van der Waals surface area contributed by atoms with E-state index in [9.17, 15) is 43.5 Å². The van der Waals surface area contributed by atoms with Crippen LogP contribution in [0.15, 0.2) is 146 Å². The number of phosphoric acid groups is 2. The largest absolute Gasteiger partial charge is 0.472 e. The van der Waals surface area contributed by atoms with Crippen LogP contribution in [0.25, 0.3) is 0 Å². The van der Waals surface area contributed by atoms with Crippen molar-refractivity contribution in [3.05, 3.63) is 146 Å². The molecule has 0 aromatic rings. The standard InChI is InChI=1S/C93H160O16P2/c1-4-7-10-13-16-19-22-25-28-31-33-35-37-39-41-42-43-44-46-48-49-51-53-56-58-61-64-67-70-73-76-79-91(96)103-82-88(94)83-105-110(99,100)106-84-89(95)85-107-111(101,102)108-87-90(109-93(98)81-78-75-72-69-66-63-60-55-30-27-24-21-18-15-12-9-6-3)86-104-92(97)80-77-74-71-68-65-62-59-57-54-52-50-47-45-40-38-36-34-32-29-26-23-20-17-14-11-8-5-2/h7,9-10,12,16-21,25-30,33-36,39-41,45,88-90,94-95H,4-6,8,11,13-15,22-24,31-32,37-38,42-44,46-87H2,1-3H3,(H,99,100)(H,101,102)/b10-7-,12-9-,19-16-,20-17-,21-18-,28-25-,29-26-,30-27-,35-33-,36-34-,41-39-,45-40-. The lowest BCUT2D eigenvalue weighted by atomic mass is 10.0. The number of allylic oxidation sites excluding steroid dienone is 24. The molecule has 18 heteroatoms. The van der Waals surface area contributed by atoms with Gasteiger partial charge in [0.1, 0.15) is 25.4 Å². The average molecular weight is 1600 g/mol. The quantitative estimate of drug-likeness (QED) is 0.0146. The van der Waals surface area contributed by atoms with Gasteiger partial charge in [0.25, 0.3) is 0 Å².